The van der Waals surface area contributed by atoms with Gasteiger partial charge in [-0.05, 0) is 31.2 Å². The summed E-state index contributed by atoms with van der Waals surface area (Å²) >= 11 is 3.32. The van der Waals surface area contributed by atoms with Crippen molar-refractivity contribution in [2.45, 2.75) is 13.0 Å². The van der Waals surface area contributed by atoms with Crippen molar-refractivity contribution in [3.8, 4) is 5.75 Å². The van der Waals surface area contributed by atoms with Gasteiger partial charge >= 0.3 is 0 Å². The lowest BCUT2D eigenvalue weighted by Crippen LogP contribution is -2.37. The van der Waals surface area contributed by atoms with E-state index in [-0.39, 0.29) is 5.91 Å². The summed E-state index contributed by atoms with van der Waals surface area (Å²) in [7, 11) is 2.98. The van der Waals surface area contributed by atoms with Gasteiger partial charge < -0.3 is 4.74 Å². The molecule has 0 bridgehead atoms. The number of carbonyl (C=O) groups excluding carboxylic acids is 1. The average Bonchev–Trinajstić information content (AvgIpc) is 2.30. The Hall–Kier alpha value is -1.07. The minimum Gasteiger partial charge on any atom is -0.481 e. The predicted molar refractivity (Wildman–Crippen MR) is 64.0 cm³/mol. The molecule has 1 rings (SSSR count). The molecule has 0 heterocycles. The fourth-order valence-corrected chi connectivity index (χ4v) is 1.38. The van der Waals surface area contributed by atoms with Gasteiger partial charge in [-0.2, -0.15) is 0 Å². The Morgan fingerprint density at radius 1 is 1.38 bits per heavy atom. The Kier molecular flexibility index (Phi) is 4.76. The topological polar surface area (TPSA) is 38.8 Å². The van der Waals surface area contributed by atoms with Crippen LogP contribution in [0.25, 0.3) is 0 Å². The first-order valence-corrected chi connectivity index (χ1v) is 5.57. The molecule has 0 radical (unpaired) electrons. The number of carbonyl (C=O) groups is 1. The maximum atomic E-state index is 11.6. The molecule has 4 nitrogen and oxygen atoms in total. The molecule has 1 amide bonds. The number of likely N-dealkylation sites (N-methyl/N-ethyl adjacent to an activating group) is 1. The Bertz CT molecular complexity index is 353. The van der Waals surface area contributed by atoms with Gasteiger partial charge in [0.2, 0.25) is 0 Å². The van der Waals surface area contributed by atoms with Gasteiger partial charge in [0.05, 0.1) is 7.11 Å². The number of hydrogen-bond donors (Lipinski definition) is 0. The van der Waals surface area contributed by atoms with Gasteiger partial charge in [0, 0.05) is 11.5 Å². The Morgan fingerprint density at radius 2 is 1.94 bits per heavy atom. The zero-order valence-corrected chi connectivity index (χ0v) is 11.0. The number of hydrogen-bond acceptors (Lipinski definition) is 3. The summed E-state index contributed by atoms with van der Waals surface area (Å²) in [6.45, 7) is 1.68. The third kappa shape index (κ3) is 3.50. The standard InChI is InChI=1S/C11H14BrNO3/c1-8(11(14)13(2)15-3)16-10-6-4-9(12)5-7-10/h4-8H,1-3H3. The molecule has 0 saturated carbocycles. The molecule has 0 aliphatic carbocycles. The van der Waals surface area contributed by atoms with Crippen LogP contribution >= 0.6 is 15.9 Å². The second kappa shape index (κ2) is 5.86. The maximum absolute atomic E-state index is 11.6. The summed E-state index contributed by atoms with van der Waals surface area (Å²) in [6.07, 6.45) is -0.578. The molecular weight excluding hydrogens is 274 g/mol. The van der Waals surface area contributed by atoms with Gasteiger partial charge in [-0.15, -0.1) is 0 Å². The van der Waals surface area contributed by atoms with Gasteiger partial charge in [-0.25, -0.2) is 5.06 Å². The van der Waals surface area contributed by atoms with Crippen LogP contribution in [-0.4, -0.2) is 31.2 Å². The highest BCUT2D eigenvalue weighted by Crippen LogP contribution is 2.17. The van der Waals surface area contributed by atoms with E-state index >= 15 is 0 Å². The van der Waals surface area contributed by atoms with Gasteiger partial charge in [-0.1, -0.05) is 15.9 Å². The van der Waals surface area contributed by atoms with Gasteiger partial charge in [0.1, 0.15) is 5.75 Å². The molecule has 0 aliphatic heterocycles. The van der Waals surface area contributed by atoms with Crippen molar-refractivity contribution in [3.63, 3.8) is 0 Å². The van der Waals surface area contributed by atoms with E-state index in [2.05, 4.69) is 15.9 Å². The van der Waals surface area contributed by atoms with E-state index in [4.69, 9.17) is 9.57 Å². The van der Waals surface area contributed by atoms with E-state index in [0.717, 1.165) is 9.54 Å². The SMILES string of the molecule is CON(C)C(=O)C(C)Oc1ccc(Br)cc1. The molecule has 0 saturated heterocycles. The first kappa shape index (κ1) is 13.0. The van der Waals surface area contributed by atoms with Crippen molar-refractivity contribution >= 4 is 21.8 Å². The highest BCUT2D eigenvalue weighted by molar-refractivity contribution is 9.10. The summed E-state index contributed by atoms with van der Waals surface area (Å²) < 4.78 is 6.43. The van der Waals surface area contributed by atoms with E-state index in [1.165, 1.54) is 7.11 Å². The average molecular weight is 288 g/mol. The maximum Gasteiger partial charge on any atom is 0.286 e. The summed E-state index contributed by atoms with van der Waals surface area (Å²) in [5.41, 5.74) is 0. The van der Waals surface area contributed by atoms with Gasteiger partial charge in [0.25, 0.3) is 5.91 Å². The van der Waals surface area contributed by atoms with Crippen LogP contribution in [0.1, 0.15) is 6.92 Å². The Balaban J connectivity index is 2.60. The largest absolute Gasteiger partial charge is 0.481 e. The Labute approximate surface area is 103 Å². The van der Waals surface area contributed by atoms with Crippen molar-refractivity contribution in [3.05, 3.63) is 28.7 Å². The number of nitrogens with zero attached hydrogens (tertiary/aromatic N) is 1. The normalized spacial score (nSPS) is 12.0. The number of rotatable bonds is 4. The molecule has 1 aromatic rings. The van der Waals surface area contributed by atoms with Crippen LogP contribution in [0.2, 0.25) is 0 Å². The van der Waals surface area contributed by atoms with Crippen LogP contribution in [-0.2, 0) is 9.63 Å². The van der Waals surface area contributed by atoms with Crippen molar-refractivity contribution < 1.29 is 14.4 Å². The lowest BCUT2D eigenvalue weighted by Gasteiger charge is -2.19. The van der Waals surface area contributed by atoms with Gasteiger partial charge in [0.15, 0.2) is 6.10 Å². The quantitative estimate of drug-likeness (QED) is 0.798. The summed E-state index contributed by atoms with van der Waals surface area (Å²) in [5, 5.41) is 1.14. The monoisotopic (exact) mass is 287 g/mol. The van der Waals surface area contributed by atoms with Crippen LogP contribution < -0.4 is 4.74 Å². The smallest absolute Gasteiger partial charge is 0.286 e. The van der Waals surface area contributed by atoms with E-state index in [9.17, 15) is 4.79 Å². The number of halogens is 1. The lowest BCUT2D eigenvalue weighted by molar-refractivity contribution is -0.175. The molecule has 1 aromatic carbocycles. The minimum absolute atomic E-state index is 0.231. The van der Waals surface area contributed by atoms with E-state index < -0.39 is 6.10 Å². The summed E-state index contributed by atoms with van der Waals surface area (Å²) in [4.78, 5) is 16.4. The zero-order chi connectivity index (χ0) is 12.1. The number of ether oxygens (including phenoxy) is 1. The molecule has 0 aliphatic rings. The minimum atomic E-state index is -0.578. The highest BCUT2D eigenvalue weighted by Gasteiger charge is 2.18. The molecule has 1 unspecified atom stereocenters. The summed E-state index contributed by atoms with van der Waals surface area (Å²) in [5.74, 6) is 0.416. The molecule has 16 heavy (non-hydrogen) atoms. The molecule has 1 atom stereocenters. The molecule has 88 valence electrons. The number of amides is 1. The lowest BCUT2D eigenvalue weighted by atomic mass is 10.3. The molecule has 0 fully saturated rings. The third-order valence-electron chi connectivity index (χ3n) is 2.06. The van der Waals surface area contributed by atoms with Crippen LogP contribution in [0.5, 0.6) is 5.75 Å². The van der Waals surface area contributed by atoms with E-state index in [0.29, 0.717) is 5.75 Å². The first-order valence-electron chi connectivity index (χ1n) is 4.78. The zero-order valence-electron chi connectivity index (χ0n) is 9.44. The van der Waals surface area contributed by atoms with Crippen LogP contribution in [0.15, 0.2) is 28.7 Å². The van der Waals surface area contributed by atoms with Crippen molar-refractivity contribution in [1.29, 1.82) is 0 Å². The second-order valence-electron chi connectivity index (χ2n) is 3.23. The Morgan fingerprint density at radius 3 is 2.44 bits per heavy atom. The molecular formula is C11H14BrNO3. The van der Waals surface area contributed by atoms with Crippen molar-refractivity contribution in [1.82, 2.24) is 5.06 Å². The van der Waals surface area contributed by atoms with E-state index in [1.807, 2.05) is 12.1 Å². The van der Waals surface area contributed by atoms with Crippen molar-refractivity contribution in [2.75, 3.05) is 14.2 Å². The fraction of sp³-hybridized carbons (Fsp3) is 0.364. The molecule has 0 N–H and O–H groups in total. The van der Waals surface area contributed by atoms with Crippen molar-refractivity contribution in [2.24, 2.45) is 0 Å². The number of benzene rings is 1. The first-order chi connectivity index (χ1) is 7.54. The second-order valence-corrected chi connectivity index (χ2v) is 4.15. The molecule has 5 heteroatoms. The third-order valence-corrected chi connectivity index (χ3v) is 2.59. The summed E-state index contributed by atoms with van der Waals surface area (Å²) in [6, 6.07) is 7.29. The van der Waals surface area contributed by atoms with E-state index in [1.54, 1.807) is 26.1 Å². The predicted octanol–water partition coefficient (Wildman–Crippen LogP) is 2.24. The fourth-order valence-electron chi connectivity index (χ4n) is 1.11. The number of hydroxylamine groups is 2. The molecule has 0 spiro atoms. The molecule has 0 aromatic heterocycles. The van der Waals surface area contributed by atoms with Crippen LogP contribution in [0.3, 0.4) is 0 Å². The highest BCUT2D eigenvalue weighted by atomic mass is 79.9. The van der Waals surface area contributed by atoms with Gasteiger partial charge in [-0.3, -0.25) is 9.63 Å². The van der Waals surface area contributed by atoms with Crippen LogP contribution in [0.4, 0.5) is 0 Å². The van der Waals surface area contributed by atoms with Crippen LogP contribution in [0, 0.1) is 0 Å².